The van der Waals surface area contributed by atoms with Gasteiger partial charge in [0.15, 0.2) is 0 Å². The van der Waals surface area contributed by atoms with Crippen LogP contribution in [0.4, 0.5) is 0 Å². The van der Waals surface area contributed by atoms with E-state index in [0.29, 0.717) is 12.6 Å². The number of amides is 1. The Morgan fingerprint density at radius 1 is 1.50 bits per heavy atom. The summed E-state index contributed by atoms with van der Waals surface area (Å²) in [6.45, 7) is 0.773. The first-order valence-electron chi connectivity index (χ1n) is 6.80. The maximum Gasteiger partial charge on any atom is 0.267 e. The van der Waals surface area contributed by atoms with E-state index in [1.54, 1.807) is 0 Å². The fraction of sp³-hybridized carbons (Fsp3) is 0.643. The third-order valence-corrected chi connectivity index (χ3v) is 4.40. The van der Waals surface area contributed by atoms with Crippen LogP contribution in [0, 0.1) is 5.41 Å². The molecule has 2 fully saturated rings. The quantitative estimate of drug-likeness (QED) is 0.833. The number of hydrogen-bond donors (Lipinski definition) is 2. The number of aromatic nitrogens is 1. The van der Waals surface area contributed by atoms with E-state index in [4.69, 9.17) is 0 Å². The van der Waals surface area contributed by atoms with Gasteiger partial charge < -0.3 is 15.0 Å². The molecule has 0 aromatic carbocycles. The van der Waals surface area contributed by atoms with Crippen LogP contribution in [0.3, 0.4) is 0 Å². The number of carbonyl (C=O) groups excluding carboxylic acids is 1. The van der Waals surface area contributed by atoms with E-state index in [2.05, 4.69) is 9.88 Å². The van der Waals surface area contributed by atoms with Crippen molar-refractivity contribution in [2.75, 3.05) is 13.2 Å². The average molecular weight is 248 g/mol. The molecule has 1 heterocycles. The molecule has 4 heteroatoms. The molecule has 0 unspecified atom stereocenters. The van der Waals surface area contributed by atoms with Gasteiger partial charge in [-0.05, 0) is 44.2 Å². The summed E-state index contributed by atoms with van der Waals surface area (Å²) in [7, 11) is 0. The van der Waals surface area contributed by atoms with E-state index in [9.17, 15) is 9.90 Å². The minimum atomic E-state index is -0.0243. The topological polar surface area (TPSA) is 54.3 Å². The molecule has 1 amide bonds. The van der Waals surface area contributed by atoms with E-state index in [1.807, 2.05) is 18.3 Å². The van der Waals surface area contributed by atoms with Gasteiger partial charge in [-0.25, -0.2) is 0 Å². The Morgan fingerprint density at radius 2 is 2.28 bits per heavy atom. The third kappa shape index (κ3) is 2.05. The predicted octanol–water partition coefficient (Wildman–Crippen LogP) is 1.72. The van der Waals surface area contributed by atoms with Gasteiger partial charge in [0, 0.05) is 24.2 Å². The van der Waals surface area contributed by atoms with Crippen LogP contribution in [0.1, 0.15) is 48.6 Å². The van der Waals surface area contributed by atoms with Crippen LogP contribution in [0.5, 0.6) is 0 Å². The van der Waals surface area contributed by atoms with Crippen molar-refractivity contribution in [3.05, 3.63) is 24.0 Å². The Kier molecular flexibility index (Phi) is 2.90. The number of nitrogens with zero attached hydrogens (tertiary/aromatic N) is 1. The normalized spacial score (nSPS) is 21.4. The van der Waals surface area contributed by atoms with Crippen molar-refractivity contribution in [2.24, 2.45) is 5.41 Å². The second kappa shape index (κ2) is 4.43. The zero-order valence-electron chi connectivity index (χ0n) is 10.6. The van der Waals surface area contributed by atoms with Crippen molar-refractivity contribution < 1.29 is 9.90 Å². The van der Waals surface area contributed by atoms with Crippen molar-refractivity contribution in [3.8, 4) is 0 Å². The Hall–Kier alpha value is -1.29. The lowest BCUT2D eigenvalue weighted by Crippen LogP contribution is -2.34. The summed E-state index contributed by atoms with van der Waals surface area (Å²) in [6.07, 6.45) is 7.65. The number of carbonyl (C=O) groups is 1. The molecule has 0 spiro atoms. The van der Waals surface area contributed by atoms with Crippen molar-refractivity contribution >= 4 is 5.91 Å². The lowest BCUT2D eigenvalue weighted by Gasteiger charge is -2.28. The zero-order chi connectivity index (χ0) is 12.6. The van der Waals surface area contributed by atoms with Crippen molar-refractivity contribution in [3.63, 3.8) is 0 Å². The summed E-state index contributed by atoms with van der Waals surface area (Å²) < 4.78 is 2.09. The Balaban J connectivity index is 1.63. The molecule has 2 aliphatic carbocycles. The highest BCUT2D eigenvalue weighted by molar-refractivity contribution is 5.92. The van der Waals surface area contributed by atoms with Crippen LogP contribution in [-0.4, -0.2) is 28.7 Å². The SMILES string of the molecule is O=C(NCC1(CO)CC1)c1cccn1C1CCC1. The first-order valence-corrected chi connectivity index (χ1v) is 6.80. The van der Waals surface area contributed by atoms with Gasteiger partial charge in [0.1, 0.15) is 5.69 Å². The van der Waals surface area contributed by atoms with Gasteiger partial charge in [-0.1, -0.05) is 0 Å². The number of hydrogen-bond acceptors (Lipinski definition) is 2. The number of nitrogens with one attached hydrogen (secondary N) is 1. The summed E-state index contributed by atoms with van der Waals surface area (Å²) in [5, 5.41) is 12.2. The van der Waals surface area contributed by atoms with Crippen molar-refractivity contribution in [1.82, 2.24) is 9.88 Å². The summed E-state index contributed by atoms with van der Waals surface area (Å²) in [6, 6.07) is 4.33. The molecular weight excluding hydrogens is 228 g/mol. The highest BCUT2D eigenvalue weighted by atomic mass is 16.3. The maximum atomic E-state index is 12.1. The van der Waals surface area contributed by atoms with Gasteiger partial charge in [0.25, 0.3) is 5.91 Å². The minimum Gasteiger partial charge on any atom is -0.396 e. The van der Waals surface area contributed by atoms with Gasteiger partial charge in [0.2, 0.25) is 0 Å². The molecule has 98 valence electrons. The van der Waals surface area contributed by atoms with Gasteiger partial charge >= 0.3 is 0 Å². The summed E-state index contributed by atoms with van der Waals surface area (Å²) in [4.78, 5) is 12.1. The monoisotopic (exact) mass is 248 g/mol. The molecule has 3 rings (SSSR count). The summed E-state index contributed by atoms with van der Waals surface area (Å²) in [5.74, 6) is -0.00775. The van der Waals surface area contributed by atoms with Crippen LogP contribution in [-0.2, 0) is 0 Å². The van der Waals surface area contributed by atoms with E-state index in [-0.39, 0.29) is 17.9 Å². The molecular formula is C14H20N2O2. The standard InChI is InChI=1S/C14H20N2O2/c17-10-14(6-7-14)9-15-13(18)12-5-2-8-16(12)11-3-1-4-11/h2,5,8,11,17H,1,3-4,6-7,9-10H2,(H,15,18). The van der Waals surface area contributed by atoms with E-state index in [0.717, 1.165) is 18.5 Å². The van der Waals surface area contributed by atoms with Crippen LogP contribution in [0.2, 0.25) is 0 Å². The lowest BCUT2D eigenvalue weighted by atomic mass is 9.93. The van der Waals surface area contributed by atoms with Gasteiger partial charge in [-0.2, -0.15) is 0 Å². The molecule has 18 heavy (non-hydrogen) atoms. The molecule has 2 N–H and O–H groups in total. The smallest absolute Gasteiger partial charge is 0.267 e. The minimum absolute atomic E-state index is 0.00775. The third-order valence-electron chi connectivity index (χ3n) is 4.40. The Labute approximate surface area is 107 Å². The summed E-state index contributed by atoms with van der Waals surface area (Å²) >= 11 is 0. The van der Waals surface area contributed by atoms with Crippen molar-refractivity contribution in [2.45, 2.75) is 38.1 Å². The lowest BCUT2D eigenvalue weighted by molar-refractivity contribution is 0.0920. The average Bonchev–Trinajstić information content (AvgIpc) is 2.96. The Bertz CT molecular complexity index is 444. The van der Waals surface area contributed by atoms with Gasteiger partial charge in [-0.3, -0.25) is 4.79 Å². The second-order valence-electron chi connectivity index (χ2n) is 5.73. The van der Waals surface area contributed by atoms with Gasteiger partial charge in [0.05, 0.1) is 6.61 Å². The second-order valence-corrected chi connectivity index (χ2v) is 5.73. The van der Waals surface area contributed by atoms with Gasteiger partial charge in [-0.15, -0.1) is 0 Å². The van der Waals surface area contributed by atoms with E-state index < -0.39 is 0 Å². The Morgan fingerprint density at radius 3 is 2.83 bits per heavy atom. The molecule has 0 radical (unpaired) electrons. The predicted molar refractivity (Wildman–Crippen MR) is 68.4 cm³/mol. The van der Waals surface area contributed by atoms with E-state index >= 15 is 0 Å². The molecule has 2 aliphatic rings. The largest absolute Gasteiger partial charge is 0.396 e. The van der Waals surface area contributed by atoms with Crippen LogP contribution >= 0.6 is 0 Å². The molecule has 1 aromatic heterocycles. The maximum absolute atomic E-state index is 12.1. The molecule has 0 saturated heterocycles. The highest BCUT2D eigenvalue weighted by Crippen LogP contribution is 2.44. The molecule has 0 bridgehead atoms. The number of aliphatic hydroxyl groups excluding tert-OH is 1. The van der Waals surface area contributed by atoms with E-state index in [1.165, 1.54) is 19.3 Å². The summed E-state index contributed by atoms with van der Waals surface area (Å²) in [5.41, 5.74) is 0.734. The van der Waals surface area contributed by atoms with Crippen LogP contribution in [0.25, 0.3) is 0 Å². The fourth-order valence-electron chi connectivity index (χ4n) is 2.50. The van der Waals surface area contributed by atoms with Crippen LogP contribution < -0.4 is 5.32 Å². The van der Waals surface area contributed by atoms with Crippen LogP contribution in [0.15, 0.2) is 18.3 Å². The molecule has 4 nitrogen and oxygen atoms in total. The highest BCUT2D eigenvalue weighted by Gasteiger charge is 2.42. The first-order chi connectivity index (χ1) is 8.74. The first kappa shape index (κ1) is 11.8. The fourth-order valence-corrected chi connectivity index (χ4v) is 2.50. The zero-order valence-corrected chi connectivity index (χ0v) is 10.6. The number of rotatable bonds is 5. The van der Waals surface area contributed by atoms with Crippen molar-refractivity contribution in [1.29, 1.82) is 0 Å². The number of aliphatic hydroxyl groups is 1. The molecule has 2 saturated carbocycles. The molecule has 0 aliphatic heterocycles. The molecule has 0 atom stereocenters. The molecule has 1 aromatic rings.